The molecule has 1 amide bonds. The van der Waals surface area contributed by atoms with E-state index in [1.807, 2.05) is 24.3 Å². The third-order valence-corrected chi connectivity index (χ3v) is 5.82. The molecule has 0 saturated carbocycles. The standard InChI is InChI=1S/C20H16FN3O2S/c21-13-3-1-5-17-12(13)10-18(27-17)20(25)22-11-6-7-14-15(9-11)24-19(23-14)16-4-2-8-26-16/h1,3,5-7,9-10,16H,2,4,8H2,(H,22,25)(H,23,24). The van der Waals surface area contributed by atoms with E-state index in [1.54, 1.807) is 12.1 Å². The van der Waals surface area contributed by atoms with Gasteiger partial charge in [0.15, 0.2) is 0 Å². The van der Waals surface area contributed by atoms with Crippen molar-refractivity contribution in [3.63, 3.8) is 0 Å². The fourth-order valence-corrected chi connectivity index (χ4v) is 4.35. The molecule has 2 aromatic heterocycles. The van der Waals surface area contributed by atoms with E-state index in [2.05, 4.69) is 15.3 Å². The molecule has 1 fully saturated rings. The van der Waals surface area contributed by atoms with Crippen LogP contribution >= 0.6 is 11.3 Å². The molecule has 5 nitrogen and oxygen atoms in total. The Labute approximate surface area is 158 Å². The average Bonchev–Trinajstić information content (AvgIpc) is 3.40. The number of benzene rings is 2. The topological polar surface area (TPSA) is 67.0 Å². The van der Waals surface area contributed by atoms with Crippen molar-refractivity contribution in [1.29, 1.82) is 0 Å². The van der Waals surface area contributed by atoms with Crippen LogP contribution in [0.1, 0.15) is 34.4 Å². The fourth-order valence-electron chi connectivity index (χ4n) is 3.38. The molecule has 0 spiro atoms. The number of fused-ring (bicyclic) bond motifs is 2. The molecular weight excluding hydrogens is 365 g/mol. The van der Waals surface area contributed by atoms with Crippen molar-refractivity contribution in [2.75, 3.05) is 11.9 Å². The highest BCUT2D eigenvalue weighted by atomic mass is 32.1. The zero-order chi connectivity index (χ0) is 18.4. The quantitative estimate of drug-likeness (QED) is 0.524. The van der Waals surface area contributed by atoms with Crippen LogP contribution in [0.4, 0.5) is 10.1 Å². The highest BCUT2D eigenvalue weighted by molar-refractivity contribution is 7.20. The van der Waals surface area contributed by atoms with E-state index < -0.39 is 0 Å². The molecule has 0 radical (unpaired) electrons. The third kappa shape index (κ3) is 2.98. The molecule has 1 saturated heterocycles. The Bertz CT molecular complexity index is 1160. The average molecular weight is 381 g/mol. The molecule has 3 heterocycles. The SMILES string of the molecule is O=C(Nc1ccc2nc(C3CCCO3)[nH]c2c1)c1cc2c(F)cccc2s1. The zero-order valence-electron chi connectivity index (χ0n) is 14.3. The summed E-state index contributed by atoms with van der Waals surface area (Å²) in [4.78, 5) is 20.9. The van der Waals surface area contributed by atoms with E-state index >= 15 is 0 Å². The lowest BCUT2D eigenvalue weighted by atomic mass is 10.2. The van der Waals surface area contributed by atoms with Gasteiger partial charge in [-0.3, -0.25) is 4.79 Å². The van der Waals surface area contributed by atoms with Crippen LogP contribution in [0.15, 0.2) is 42.5 Å². The summed E-state index contributed by atoms with van der Waals surface area (Å²) in [5.74, 6) is 0.253. The normalized spacial score (nSPS) is 17.0. The largest absolute Gasteiger partial charge is 0.370 e. The predicted octanol–water partition coefficient (Wildman–Crippen LogP) is 5.02. The van der Waals surface area contributed by atoms with Gasteiger partial charge in [-0.15, -0.1) is 11.3 Å². The summed E-state index contributed by atoms with van der Waals surface area (Å²) in [7, 11) is 0. The van der Waals surface area contributed by atoms with Crippen LogP contribution in [0.5, 0.6) is 0 Å². The summed E-state index contributed by atoms with van der Waals surface area (Å²) in [6.45, 7) is 0.763. The van der Waals surface area contributed by atoms with Gasteiger partial charge in [0.25, 0.3) is 5.91 Å². The molecule has 2 N–H and O–H groups in total. The summed E-state index contributed by atoms with van der Waals surface area (Å²) in [5.41, 5.74) is 2.34. The number of carbonyl (C=O) groups excluding carboxylic acids is 1. The highest BCUT2D eigenvalue weighted by Gasteiger charge is 2.21. The number of hydrogen-bond acceptors (Lipinski definition) is 4. The molecule has 1 unspecified atom stereocenters. The van der Waals surface area contributed by atoms with Gasteiger partial charge in [0, 0.05) is 22.4 Å². The smallest absolute Gasteiger partial charge is 0.265 e. The number of thiophene rings is 1. The van der Waals surface area contributed by atoms with Gasteiger partial charge in [0.2, 0.25) is 0 Å². The summed E-state index contributed by atoms with van der Waals surface area (Å²) < 4.78 is 20.3. The number of imidazole rings is 1. The van der Waals surface area contributed by atoms with Crippen LogP contribution in [0, 0.1) is 5.82 Å². The number of hydrogen-bond donors (Lipinski definition) is 2. The van der Waals surface area contributed by atoms with Gasteiger partial charge in [-0.1, -0.05) is 6.07 Å². The molecule has 1 atom stereocenters. The number of ether oxygens (including phenoxy) is 1. The number of aromatic nitrogens is 2. The second kappa shape index (κ2) is 6.44. The molecule has 27 heavy (non-hydrogen) atoms. The molecule has 7 heteroatoms. The Morgan fingerprint density at radius 1 is 1.30 bits per heavy atom. The van der Waals surface area contributed by atoms with Crippen molar-refractivity contribution in [3.05, 3.63) is 59.0 Å². The van der Waals surface area contributed by atoms with E-state index in [1.165, 1.54) is 17.4 Å². The third-order valence-electron chi connectivity index (χ3n) is 4.72. The molecule has 1 aliphatic heterocycles. The first kappa shape index (κ1) is 16.4. The molecule has 4 aromatic rings. The molecule has 2 aromatic carbocycles. The van der Waals surface area contributed by atoms with Crippen molar-refractivity contribution in [3.8, 4) is 0 Å². The highest BCUT2D eigenvalue weighted by Crippen LogP contribution is 2.30. The van der Waals surface area contributed by atoms with E-state index in [0.29, 0.717) is 16.0 Å². The number of halogens is 1. The van der Waals surface area contributed by atoms with Gasteiger partial charge in [-0.2, -0.15) is 0 Å². The van der Waals surface area contributed by atoms with E-state index in [9.17, 15) is 9.18 Å². The maximum Gasteiger partial charge on any atom is 0.265 e. The van der Waals surface area contributed by atoms with Crippen LogP contribution in [0.25, 0.3) is 21.1 Å². The fraction of sp³-hybridized carbons (Fsp3) is 0.200. The molecule has 0 aliphatic carbocycles. The number of rotatable bonds is 3. The Balaban J connectivity index is 1.41. The number of amides is 1. The van der Waals surface area contributed by atoms with Gasteiger partial charge in [-0.05, 0) is 49.2 Å². The minimum atomic E-state index is -0.316. The molecule has 1 aliphatic rings. The van der Waals surface area contributed by atoms with Crippen molar-refractivity contribution in [2.24, 2.45) is 0 Å². The van der Waals surface area contributed by atoms with Gasteiger partial charge in [0.1, 0.15) is 17.7 Å². The molecule has 136 valence electrons. The van der Waals surface area contributed by atoms with Crippen LogP contribution in [-0.4, -0.2) is 22.5 Å². The number of anilines is 1. The predicted molar refractivity (Wildman–Crippen MR) is 104 cm³/mol. The number of nitrogens with one attached hydrogen (secondary N) is 2. The minimum absolute atomic E-state index is 0.0175. The monoisotopic (exact) mass is 381 g/mol. The molecular formula is C20H16FN3O2S. The maximum absolute atomic E-state index is 13.8. The number of aromatic amines is 1. The van der Waals surface area contributed by atoms with E-state index in [4.69, 9.17) is 4.74 Å². The van der Waals surface area contributed by atoms with Crippen molar-refractivity contribution >= 4 is 44.1 Å². The summed E-state index contributed by atoms with van der Waals surface area (Å²) in [6, 6.07) is 12.0. The van der Waals surface area contributed by atoms with Crippen molar-refractivity contribution in [1.82, 2.24) is 9.97 Å². The Kier molecular flexibility index (Phi) is 3.91. The van der Waals surface area contributed by atoms with Gasteiger partial charge in [-0.25, -0.2) is 9.37 Å². The lowest BCUT2D eigenvalue weighted by Gasteiger charge is -2.03. The first-order valence-corrected chi connectivity index (χ1v) is 9.60. The summed E-state index contributed by atoms with van der Waals surface area (Å²) >= 11 is 1.27. The lowest BCUT2D eigenvalue weighted by molar-refractivity contribution is 0.103. The maximum atomic E-state index is 13.8. The number of nitrogens with zero attached hydrogens (tertiary/aromatic N) is 1. The van der Waals surface area contributed by atoms with Crippen molar-refractivity contribution in [2.45, 2.75) is 18.9 Å². The van der Waals surface area contributed by atoms with E-state index in [0.717, 1.165) is 41.0 Å². The first-order valence-electron chi connectivity index (χ1n) is 8.78. The van der Waals surface area contributed by atoms with Gasteiger partial charge < -0.3 is 15.0 Å². The minimum Gasteiger partial charge on any atom is -0.370 e. The summed E-state index contributed by atoms with van der Waals surface area (Å²) in [5, 5.41) is 3.35. The van der Waals surface area contributed by atoms with E-state index in [-0.39, 0.29) is 17.8 Å². The van der Waals surface area contributed by atoms with Gasteiger partial charge >= 0.3 is 0 Å². The summed E-state index contributed by atoms with van der Waals surface area (Å²) in [6.07, 6.45) is 2.02. The second-order valence-corrected chi connectivity index (χ2v) is 7.66. The van der Waals surface area contributed by atoms with Crippen LogP contribution in [0.2, 0.25) is 0 Å². The van der Waals surface area contributed by atoms with Crippen LogP contribution < -0.4 is 5.32 Å². The van der Waals surface area contributed by atoms with Crippen molar-refractivity contribution < 1.29 is 13.9 Å². The van der Waals surface area contributed by atoms with Crippen LogP contribution in [-0.2, 0) is 4.74 Å². The first-order chi connectivity index (χ1) is 13.2. The Morgan fingerprint density at radius 2 is 2.22 bits per heavy atom. The van der Waals surface area contributed by atoms with Crippen LogP contribution in [0.3, 0.4) is 0 Å². The molecule has 5 rings (SSSR count). The lowest BCUT2D eigenvalue weighted by Crippen LogP contribution is -2.09. The molecule has 0 bridgehead atoms. The number of carbonyl (C=O) groups is 1. The zero-order valence-corrected chi connectivity index (χ0v) is 15.1. The second-order valence-electron chi connectivity index (χ2n) is 6.57. The number of H-pyrrole nitrogens is 1. The van der Waals surface area contributed by atoms with Gasteiger partial charge in [0.05, 0.1) is 15.9 Å². The Morgan fingerprint density at radius 3 is 3.04 bits per heavy atom. The Hall–Kier alpha value is -2.77.